The molecule has 1 N–H and O–H groups in total. The lowest BCUT2D eigenvalue weighted by Crippen LogP contribution is -2.56. The van der Waals surface area contributed by atoms with Crippen molar-refractivity contribution in [1.82, 2.24) is 30.0 Å². The van der Waals surface area contributed by atoms with Gasteiger partial charge < -0.3 is 9.80 Å². The Morgan fingerprint density at radius 2 is 1.66 bits per heavy atom. The molecule has 1 amide bonds. The summed E-state index contributed by atoms with van der Waals surface area (Å²) in [5.74, 6) is 0.632. The van der Waals surface area contributed by atoms with Crippen molar-refractivity contribution >= 4 is 28.3 Å². The van der Waals surface area contributed by atoms with Gasteiger partial charge in [-0.2, -0.15) is 5.10 Å². The predicted octanol–water partition coefficient (Wildman–Crippen LogP) is 5.31. The number of fused-ring (bicyclic) bond motifs is 1. The second kappa shape index (κ2) is 13.0. The Bertz CT molecular complexity index is 1890. The maximum absolute atomic E-state index is 13.4. The van der Waals surface area contributed by atoms with E-state index in [0.717, 1.165) is 70.6 Å². The number of nitrogens with zero attached hydrogens (tertiary/aromatic N) is 6. The van der Waals surface area contributed by atoms with Crippen LogP contribution in [0.5, 0.6) is 0 Å². The van der Waals surface area contributed by atoms with Crippen molar-refractivity contribution in [2.45, 2.75) is 32.7 Å². The second-order valence-corrected chi connectivity index (χ2v) is 12.8. The molecule has 2 fully saturated rings. The molecule has 0 aliphatic carbocycles. The van der Waals surface area contributed by atoms with Gasteiger partial charge in [-0.3, -0.25) is 19.6 Å². The molecule has 0 spiro atoms. The summed E-state index contributed by atoms with van der Waals surface area (Å²) in [7, 11) is 0. The first-order valence-corrected chi connectivity index (χ1v) is 16.2. The first kappa shape index (κ1) is 30.7. The van der Waals surface area contributed by atoms with Crippen molar-refractivity contribution < 1.29 is 14.0 Å². The summed E-state index contributed by atoms with van der Waals surface area (Å²) < 4.78 is 13.4. The fourth-order valence-corrected chi connectivity index (χ4v) is 6.79. The van der Waals surface area contributed by atoms with E-state index in [-0.39, 0.29) is 29.5 Å². The summed E-state index contributed by atoms with van der Waals surface area (Å²) in [4.78, 5) is 42.0. The fourth-order valence-electron chi connectivity index (χ4n) is 6.79. The molecule has 2 aromatic heterocycles. The first-order chi connectivity index (χ1) is 22.8. The summed E-state index contributed by atoms with van der Waals surface area (Å²) in [5.41, 5.74) is 6.48. The van der Waals surface area contributed by atoms with Crippen LogP contribution < -0.4 is 4.90 Å². The first-order valence-electron chi connectivity index (χ1n) is 16.2. The lowest BCUT2D eigenvalue weighted by atomic mass is 9.96. The molecule has 9 nitrogen and oxygen atoms in total. The van der Waals surface area contributed by atoms with Gasteiger partial charge in [0.15, 0.2) is 5.82 Å². The predicted molar refractivity (Wildman–Crippen MR) is 180 cm³/mol. The highest BCUT2D eigenvalue weighted by Gasteiger charge is 2.33. The number of piperazine rings is 1. The van der Waals surface area contributed by atoms with Gasteiger partial charge >= 0.3 is 0 Å². The zero-order chi connectivity index (χ0) is 32.5. The van der Waals surface area contributed by atoms with Crippen LogP contribution in [-0.4, -0.2) is 87.0 Å². The van der Waals surface area contributed by atoms with E-state index in [9.17, 15) is 14.0 Å². The number of carbonyl (C=O) groups is 2. The molecule has 1 unspecified atom stereocenters. The number of ketones is 1. The number of benzene rings is 3. The number of aromatic amines is 1. The number of halogens is 1. The van der Waals surface area contributed by atoms with Crippen LogP contribution in [-0.2, 0) is 16.0 Å². The van der Waals surface area contributed by atoms with Crippen molar-refractivity contribution in [1.29, 1.82) is 0 Å². The number of aryl methyl sites for hydroxylation is 1. The summed E-state index contributed by atoms with van der Waals surface area (Å²) in [6, 6.07) is 20.5. The number of Topliss-reactive ketones (excluding diaryl/α,β-unsaturated/α-hetero) is 1. The van der Waals surface area contributed by atoms with E-state index >= 15 is 0 Å². The molecular weight excluding hydrogens is 593 g/mol. The fraction of sp³-hybridized carbons (Fsp3) is 0.324. The highest BCUT2D eigenvalue weighted by Crippen LogP contribution is 2.29. The molecule has 240 valence electrons. The second-order valence-electron chi connectivity index (χ2n) is 12.8. The van der Waals surface area contributed by atoms with E-state index in [0.29, 0.717) is 31.9 Å². The summed E-state index contributed by atoms with van der Waals surface area (Å²) in [5, 5.41) is 8.37. The van der Waals surface area contributed by atoms with Crippen LogP contribution in [0, 0.1) is 18.7 Å². The van der Waals surface area contributed by atoms with Crippen LogP contribution in [0.15, 0.2) is 79.1 Å². The smallest absolute Gasteiger partial charge is 0.237 e. The Hall–Kier alpha value is -4.96. The number of hydrogen-bond donors (Lipinski definition) is 1. The molecule has 7 rings (SSSR count). The van der Waals surface area contributed by atoms with Gasteiger partial charge in [-0.25, -0.2) is 14.4 Å². The Kier molecular flexibility index (Phi) is 8.51. The van der Waals surface area contributed by atoms with E-state index in [4.69, 9.17) is 0 Å². The maximum Gasteiger partial charge on any atom is 0.237 e. The third-order valence-corrected chi connectivity index (χ3v) is 9.43. The Morgan fingerprint density at radius 1 is 0.915 bits per heavy atom. The molecular formula is C37H38FN7O2. The van der Waals surface area contributed by atoms with Gasteiger partial charge in [0.2, 0.25) is 5.91 Å². The Labute approximate surface area is 273 Å². The number of hydrogen-bond acceptors (Lipinski definition) is 7. The van der Waals surface area contributed by atoms with Crippen LogP contribution in [0.4, 0.5) is 10.1 Å². The lowest BCUT2D eigenvalue weighted by molar-refractivity contribution is -0.134. The summed E-state index contributed by atoms with van der Waals surface area (Å²) in [6.45, 7) is 7.94. The van der Waals surface area contributed by atoms with Crippen LogP contribution >= 0.6 is 0 Å². The molecule has 2 atom stereocenters. The molecule has 0 radical (unpaired) electrons. The van der Waals surface area contributed by atoms with E-state index in [1.165, 1.54) is 12.1 Å². The highest BCUT2D eigenvalue weighted by atomic mass is 19.1. The summed E-state index contributed by atoms with van der Waals surface area (Å²) >= 11 is 0. The highest BCUT2D eigenvalue weighted by molar-refractivity contribution is 5.94. The SMILES string of the molecule is Cc1cnc(-c2ccc(N3CCN(C(=O)CN4CCC(C(=O)Cc5ccc6[nH]nc(-c7ccc(F)cc7)c6c5)C4)[C@@H](C)C3)cc2)nc1. The minimum Gasteiger partial charge on any atom is -0.368 e. The summed E-state index contributed by atoms with van der Waals surface area (Å²) in [6.07, 6.45) is 4.73. The molecule has 3 aromatic carbocycles. The maximum atomic E-state index is 13.4. The number of amides is 1. The number of carbonyl (C=O) groups excluding carboxylic acids is 2. The lowest BCUT2D eigenvalue weighted by Gasteiger charge is -2.41. The van der Waals surface area contributed by atoms with Gasteiger partial charge in [0, 0.05) is 79.2 Å². The molecule has 0 bridgehead atoms. The van der Waals surface area contributed by atoms with Crippen LogP contribution in [0.2, 0.25) is 0 Å². The molecule has 10 heteroatoms. The quantitative estimate of drug-likeness (QED) is 0.248. The molecule has 47 heavy (non-hydrogen) atoms. The van der Waals surface area contributed by atoms with Crippen LogP contribution in [0.1, 0.15) is 24.5 Å². The zero-order valence-corrected chi connectivity index (χ0v) is 26.7. The zero-order valence-electron chi connectivity index (χ0n) is 26.7. The molecule has 5 aromatic rings. The molecule has 0 saturated carbocycles. The third kappa shape index (κ3) is 6.64. The van der Waals surface area contributed by atoms with Crippen molar-refractivity contribution in [3.8, 4) is 22.6 Å². The molecule has 2 saturated heterocycles. The van der Waals surface area contributed by atoms with Gasteiger partial charge in [-0.05, 0) is 98.6 Å². The number of nitrogens with one attached hydrogen (secondary N) is 1. The van der Waals surface area contributed by atoms with Crippen molar-refractivity contribution in [3.63, 3.8) is 0 Å². The van der Waals surface area contributed by atoms with Crippen molar-refractivity contribution in [2.75, 3.05) is 44.2 Å². The Balaban J connectivity index is 0.913. The van der Waals surface area contributed by atoms with Crippen molar-refractivity contribution in [3.05, 3.63) is 96.1 Å². The third-order valence-electron chi connectivity index (χ3n) is 9.43. The number of rotatable bonds is 8. The monoisotopic (exact) mass is 631 g/mol. The largest absolute Gasteiger partial charge is 0.368 e. The average molecular weight is 632 g/mol. The minimum atomic E-state index is -0.295. The molecule has 4 heterocycles. The van der Waals surface area contributed by atoms with Crippen LogP contribution in [0.3, 0.4) is 0 Å². The molecule has 2 aliphatic rings. The number of aromatic nitrogens is 4. The van der Waals surface area contributed by atoms with Gasteiger partial charge in [-0.1, -0.05) is 6.07 Å². The average Bonchev–Trinajstić information content (AvgIpc) is 3.73. The molecule has 2 aliphatic heterocycles. The van der Waals surface area contributed by atoms with Gasteiger partial charge in [0.25, 0.3) is 0 Å². The Morgan fingerprint density at radius 3 is 2.40 bits per heavy atom. The van der Waals surface area contributed by atoms with Crippen molar-refractivity contribution in [2.24, 2.45) is 5.92 Å². The van der Waals surface area contributed by atoms with E-state index in [1.807, 2.05) is 54.5 Å². The number of H-pyrrole nitrogens is 1. The van der Waals surface area contributed by atoms with Crippen LogP contribution in [0.25, 0.3) is 33.5 Å². The van der Waals surface area contributed by atoms with Gasteiger partial charge in [0.1, 0.15) is 11.6 Å². The van der Waals surface area contributed by atoms with Gasteiger partial charge in [0.05, 0.1) is 17.8 Å². The standard InChI is InChI=1S/C37H38FN7O2/c1-24-19-39-37(40-20-24)28-6-10-31(11-7-28)44-15-16-45(25(2)21-44)35(47)23-43-14-13-29(22-43)34(46)18-26-3-12-33-32(17-26)36(42-41-33)27-4-8-30(38)9-5-27/h3-12,17,19-20,25,29H,13-16,18,21-23H2,1-2H3,(H,41,42)/t25-,29?/m0/s1. The van der Waals surface area contributed by atoms with E-state index < -0.39 is 0 Å². The van der Waals surface area contributed by atoms with E-state index in [2.05, 4.69) is 49.0 Å². The minimum absolute atomic E-state index is 0.0778. The van der Waals surface area contributed by atoms with Gasteiger partial charge in [-0.15, -0.1) is 0 Å². The number of anilines is 1. The topological polar surface area (TPSA) is 98.3 Å². The van der Waals surface area contributed by atoms with E-state index in [1.54, 1.807) is 12.1 Å². The normalized spacial score (nSPS) is 18.6. The number of likely N-dealkylation sites (tertiary alicyclic amines) is 1.